The molecule has 0 saturated carbocycles. The summed E-state index contributed by atoms with van der Waals surface area (Å²) in [7, 11) is 0. The van der Waals surface area contributed by atoms with Gasteiger partial charge in [-0.2, -0.15) is 0 Å². The van der Waals surface area contributed by atoms with Crippen molar-refractivity contribution < 1.29 is 4.73 Å². The van der Waals surface area contributed by atoms with Crippen molar-refractivity contribution in [3.63, 3.8) is 0 Å². The minimum atomic E-state index is -0.0908. The van der Waals surface area contributed by atoms with Crippen molar-refractivity contribution in [1.82, 2.24) is 4.98 Å². The van der Waals surface area contributed by atoms with Crippen LogP contribution in [0.4, 0.5) is 17.6 Å². The molecule has 0 radical (unpaired) electrons. The monoisotopic (exact) mass is 195 g/mol. The second-order valence-corrected chi connectivity index (χ2v) is 3.39. The van der Waals surface area contributed by atoms with Gasteiger partial charge in [-0.3, -0.25) is 0 Å². The topological polar surface area (TPSA) is 95.1 Å². The molecule has 1 aromatic heterocycles. The fourth-order valence-electron chi connectivity index (χ4n) is 1.63. The van der Waals surface area contributed by atoms with E-state index in [0.717, 1.165) is 25.9 Å². The van der Waals surface area contributed by atoms with Gasteiger partial charge in [0.1, 0.15) is 0 Å². The van der Waals surface area contributed by atoms with E-state index in [9.17, 15) is 5.21 Å². The first-order valence-electron chi connectivity index (χ1n) is 4.59. The van der Waals surface area contributed by atoms with Gasteiger partial charge in [0.05, 0.1) is 6.07 Å². The van der Waals surface area contributed by atoms with Crippen LogP contribution in [0.3, 0.4) is 0 Å². The summed E-state index contributed by atoms with van der Waals surface area (Å²) in [5, 5.41) is 11.1. The van der Waals surface area contributed by atoms with Gasteiger partial charge in [0.2, 0.25) is 0 Å². The molecule has 0 bridgehead atoms. The molecule has 4 N–H and O–H groups in total. The van der Waals surface area contributed by atoms with Gasteiger partial charge in [0, 0.05) is 13.1 Å². The number of rotatable bonds is 1. The van der Waals surface area contributed by atoms with Crippen LogP contribution < -0.4 is 21.1 Å². The van der Waals surface area contributed by atoms with Crippen LogP contribution in [-0.4, -0.2) is 18.1 Å². The fraction of sp³-hybridized carbons (Fsp3) is 0.500. The summed E-state index contributed by atoms with van der Waals surface area (Å²) in [5.74, 6) is 0.705. The Hall–Kier alpha value is -1.72. The quantitative estimate of drug-likeness (QED) is 0.464. The summed E-state index contributed by atoms with van der Waals surface area (Å²) in [6, 6.07) is 1.56. The summed E-state index contributed by atoms with van der Waals surface area (Å²) in [4.78, 5) is 6.07. The van der Waals surface area contributed by atoms with E-state index in [-0.39, 0.29) is 11.8 Å². The molecule has 0 spiro atoms. The molecule has 1 aliphatic heterocycles. The molecule has 0 atom stereocenters. The number of nitrogens with two attached hydrogens (primary N) is 2. The third-order valence-corrected chi connectivity index (χ3v) is 2.38. The SMILES string of the molecule is Nc1cc(N2CCCC2)nc(N)[n+]1[O-]. The highest BCUT2D eigenvalue weighted by Gasteiger charge is 2.17. The zero-order chi connectivity index (χ0) is 10.1. The highest BCUT2D eigenvalue weighted by molar-refractivity contribution is 5.47. The molecule has 1 aliphatic rings. The molecule has 0 amide bonds. The number of hydrogen-bond acceptors (Lipinski definition) is 5. The van der Waals surface area contributed by atoms with Crippen LogP contribution in [0.1, 0.15) is 12.8 Å². The first kappa shape index (κ1) is 8.86. The van der Waals surface area contributed by atoms with E-state index in [2.05, 4.69) is 9.88 Å². The Balaban J connectivity index is 2.34. The third kappa shape index (κ3) is 1.39. The molecule has 2 rings (SSSR count). The van der Waals surface area contributed by atoms with Crippen molar-refractivity contribution in [1.29, 1.82) is 0 Å². The summed E-state index contributed by atoms with van der Waals surface area (Å²) in [6.07, 6.45) is 2.29. The lowest BCUT2D eigenvalue weighted by Crippen LogP contribution is -2.36. The van der Waals surface area contributed by atoms with Crippen LogP contribution in [0.15, 0.2) is 6.07 Å². The lowest BCUT2D eigenvalue weighted by molar-refractivity contribution is -0.576. The maximum absolute atomic E-state index is 11.1. The maximum atomic E-state index is 11.1. The molecule has 1 aromatic rings. The van der Waals surface area contributed by atoms with E-state index in [0.29, 0.717) is 10.5 Å². The molecule has 76 valence electrons. The molecular weight excluding hydrogens is 182 g/mol. The molecular formula is C8H13N5O. The smallest absolute Gasteiger partial charge is 0.346 e. The average molecular weight is 195 g/mol. The number of nitrogens with zero attached hydrogens (tertiary/aromatic N) is 3. The average Bonchev–Trinajstić information content (AvgIpc) is 2.66. The van der Waals surface area contributed by atoms with Crippen molar-refractivity contribution in [2.75, 3.05) is 29.5 Å². The van der Waals surface area contributed by atoms with Crippen molar-refractivity contribution in [2.24, 2.45) is 0 Å². The Bertz CT molecular complexity index is 325. The van der Waals surface area contributed by atoms with Crippen LogP contribution >= 0.6 is 0 Å². The zero-order valence-electron chi connectivity index (χ0n) is 7.81. The van der Waals surface area contributed by atoms with Crippen molar-refractivity contribution in [3.8, 4) is 0 Å². The summed E-state index contributed by atoms with van der Waals surface area (Å²) in [6.45, 7) is 1.91. The normalized spacial score (nSPS) is 16.1. The fourth-order valence-corrected chi connectivity index (χ4v) is 1.63. The van der Waals surface area contributed by atoms with Crippen LogP contribution in [0.25, 0.3) is 0 Å². The Labute approximate surface area is 81.7 Å². The Morgan fingerprint density at radius 1 is 1.36 bits per heavy atom. The zero-order valence-corrected chi connectivity index (χ0v) is 7.81. The highest BCUT2D eigenvalue weighted by Crippen LogP contribution is 2.18. The Morgan fingerprint density at radius 2 is 2.00 bits per heavy atom. The van der Waals surface area contributed by atoms with Crippen LogP contribution in [0.2, 0.25) is 0 Å². The molecule has 0 unspecified atom stereocenters. The lowest BCUT2D eigenvalue weighted by atomic mass is 10.4. The molecule has 1 fully saturated rings. The molecule has 14 heavy (non-hydrogen) atoms. The minimum Gasteiger partial charge on any atom is -0.754 e. The van der Waals surface area contributed by atoms with Gasteiger partial charge in [-0.15, -0.1) is 0 Å². The summed E-state index contributed by atoms with van der Waals surface area (Å²) < 4.78 is 0.430. The van der Waals surface area contributed by atoms with E-state index < -0.39 is 0 Å². The van der Waals surface area contributed by atoms with Crippen molar-refractivity contribution in [3.05, 3.63) is 11.3 Å². The lowest BCUT2D eigenvalue weighted by Gasteiger charge is -2.16. The molecule has 1 saturated heterocycles. The van der Waals surface area contributed by atoms with E-state index in [1.807, 2.05) is 0 Å². The van der Waals surface area contributed by atoms with E-state index in [1.165, 1.54) is 0 Å². The number of hydrogen-bond donors (Lipinski definition) is 2. The van der Waals surface area contributed by atoms with Crippen LogP contribution in [-0.2, 0) is 0 Å². The predicted molar refractivity (Wildman–Crippen MR) is 53.5 cm³/mol. The summed E-state index contributed by atoms with van der Waals surface area (Å²) >= 11 is 0. The van der Waals surface area contributed by atoms with Gasteiger partial charge in [-0.05, 0) is 12.8 Å². The number of aromatic nitrogens is 2. The van der Waals surface area contributed by atoms with Crippen LogP contribution in [0, 0.1) is 5.21 Å². The molecule has 6 heteroatoms. The molecule has 6 nitrogen and oxygen atoms in total. The van der Waals surface area contributed by atoms with Crippen molar-refractivity contribution >= 4 is 17.6 Å². The van der Waals surface area contributed by atoms with E-state index in [4.69, 9.17) is 11.5 Å². The van der Waals surface area contributed by atoms with Gasteiger partial charge >= 0.3 is 5.95 Å². The largest absolute Gasteiger partial charge is 0.754 e. The molecule has 0 aromatic carbocycles. The first-order chi connectivity index (χ1) is 6.68. The van der Waals surface area contributed by atoms with Crippen molar-refractivity contribution in [2.45, 2.75) is 12.8 Å². The Morgan fingerprint density at radius 3 is 2.57 bits per heavy atom. The Kier molecular flexibility index (Phi) is 2.03. The maximum Gasteiger partial charge on any atom is 0.346 e. The van der Waals surface area contributed by atoms with Gasteiger partial charge in [-0.1, -0.05) is 4.98 Å². The van der Waals surface area contributed by atoms with Gasteiger partial charge in [-0.25, -0.2) is 4.73 Å². The predicted octanol–water partition coefficient (Wildman–Crippen LogP) is -0.520. The van der Waals surface area contributed by atoms with E-state index in [1.54, 1.807) is 6.07 Å². The standard InChI is InChI=1S/C8H13N5O/c9-6-5-7(11-8(10)13(6)14)12-3-1-2-4-12/h5H,1-4,9H2,(H2,10,11). The number of nitrogen functional groups attached to an aromatic ring is 2. The van der Waals surface area contributed by atoms with Gasteiger partial charge < -0.3 is 21.6 Å². The minimum absolute atomic E-state index is 0.0908. The second kappa shape index (κ2) is 3.21. The van der Waals surface area contributed by atoms with Gasteiger partial charge in [0.15, 0.2) is 11.6 Å². The number of anilines is 3. The van der Waals surface area contributed by atoms with E-state index >= 15 is 0 Å². The van der Waals surface area contributed by atoms with Crippen LogP contribution in [0.5, 0.6) is 0 Å². The second-order valence-electron chi connectivity index (χ2n) is 3.39. The van der Waals surface area contributed by atoms with Gasteiger partial charge in [0.25, 0.3) is 0 Å². The first-order valence-corrected chi connectivity index (χ1v) is 4.59. The molecule has 2 heterocycles. The molecule has 0 aliphatic carbocycles. The third-order valence-electron chi connectivity index (χ3n) is 2.38. The summed E-state index contributed by atoms with van der Waals surface area (Å²) in [5.41, 5.74) is 10.9. The highest BCUT2D eigenvalue weighted by atomic mass is 16.5.